The van der Waals surface area contributed by atoms with Gasteiger partial charge in [-0.15, -0.1) is 0 Å². The molecule has 0 atom stereocenters. The zero-order valence-electron chi connectivity index (χ0n) is 19.6. The van der Waals surface area contributed by atoms with Crippen molar-refractivity contribution >= 4 is 28.5 Å². The third-order valence-corrected chi connectivity index (χ3v) is 5.51. The SMILES string of the molecule is CCOC(=O)c1ccc(NC(=O)c2cc(-c3cccc(OC)c3)nc3c(C)cc(C)cc23)cc1. The highest BCUT2D eigenvalue weighted by Gasteiger charge is 2.17. The number of rotatable bonds is 6. The van der Waals surface area contributed by atoms with Crippen LogP contribution in [0.15, 0.2) is 66.7 Å². The van der Waals surface area contributed by atoms with E-state index >= 15 is 0 Å². The van der Waals surface area contributed by atoms with Gasteiger partial charge in [0.25, 0.3) is 5.91 Å². The molecule has 34 heavy (non-hydrogen) atoms. The Kier molecular flexibility index (Phi) is 6.59. The zero-order valence-corrected chi connectivity index (χ0v) is 19.6. The summed E-state index contributed by atoms with van der Waals surface area (Å²) < 4.78 is 10.4. The number of anilines is 1. The molecular weight excluding hydrogens is 428 g/mol. The maximum Gasteiger partial charge on any atom is 0.338 e. The number of aryl methyl sites for hydroxylation is 2. The third kappa shape index (κ3) is 4.76. The van der Waals surface area contributed by atoms with E-state index < -0.39 is 5.97 Å². The number of nitrogens with one attached hydrogen (secondary N) is 1. The number of nitrogens with zero attached hydrogens (tertiary/aromatic N) is 1. The molecule has 6 heteroatoms. The number of fused-ring (bicyclic) bond motifs is 1. The first-order chi connectivity index (χ1) is 16.4. The quantitative estimate of drug-likeness (QED) is 0.364. The summed E-state index contributed by atoms with van der Waals surface area (Å²) in [6.07, 6.45) is 0. The Morgan fingerprint density at radius 3 is 2.44 bits per heavy atom. The molecule has 0 aliphatic carbocycles. The van der Waals surface area contributed by atoms with E-state index in [1.54, 1.807) is 44.4 Å². The predicted octanol–water partition coefficient (Wildman–Crippen LogP) is 5.96. The molecule has 0 radical (unpaired) electrons. The van der Waals surface area contributed by atoms with Crippen molar-refractivity contribution in [2.45, 2.75) is 20.8 Å². The third-order valence-electron chi connectivity index (χ3n) is 5.51. The Bertz CT molecular complexity index is 1380. The number of carbonyl (C=O) groups is 2. The molecule has 0 bridgehead atoms. The molecule has 0 aliphatic rings. The molecule has 6 nitrogen and oxygen atoms in total. The molecule has 0 unspecified atom stereocenters. The summed E-state index contributed by atoms with van der Waals surface area (Å²) in [7, 11) is 1.62. The van der Waals surface area contributed by atoms with Crippen LogP contribution in [-0.4, -0.2) is 30.6 Å². The Labute approximate surface area is 198 Å². The minimum atomic E-state index is -0.394. The van der Waals surface area contributed by atoms with E-state index in [0.717, 1.165) is 27.6 Å². The molecule has 172 valence electrons. The minimum absolute atomic E-state index is 0.259. The Morgan fingerprint density at radius 1 is 0.971 bits per heavy atom. The molecule has 0 spiro atoms. The lowest BCUT2D eigenvalue weighted by atomic mass is 9.99. The van der Waals surface area contributed by atoms with Gasteiger partial charge >= 0.3 is 5.97 Å². The van der Waals surface area contributed by atoms with Gasteiger partial charge in [-0.3, -0.25) is 4.79 Å². The van der Waals surface area contributed by atoms with Crippen molar-refractivity contribution in [2.24, 2.45) is 0 Å². The fourth-order valence-electron chi connectivity index (χ4n) is 3.90. The van der Waals surface area contributed by atoms with E-state index in [1.165, 1.54) is 0 Å². The molecule has 3 aromatic carbocycles. The maximum absolute atomic E-state index is 13.4. The van der Waals surface area contributed by atoms with Crippen molar-refractivity contribution in [3.63, 3.8) is 0 Å². The van der Waals surface area contributed by atoms with Crippen molar-refractivity contribution in [3.8, 4) is 17.0 Å². The van der Waals surface area contributed by atoms with Crippen LogP contribution in [0, 0.1) is 13.8 Å². The highest BCUT2D eigenvalue weighted by molar-refractivity contribution is 6.13. The number of hydrogen-bond donors (Lipinski definition) is 1. The molecule has 1 aromatic heterocycles. The van der Waals surface area contributed by atoms with Gasteiger partial charge in [0.05, 0.1) is 36.1 Å². The number of pyridine rings is 1. The lowest BCUT2D eigenvalue weighted by Gasteiger charge is -2.13. The molecule has 4 aromatic rings. The van der Waals surface area contributed by atoms with Crippen molar-refractivity contribution in [3.05, 3.63) is 89.0 Å². The highest BCUT2D eigenvalue weighted by atomic mass is 16.5. The predicted molar refractivity (Wildman–Crippen MR) is 134 cm³/mol. The molecule has 1 heterocycles. The van der Waals surface area contributed by atoms with Crippen LogP contribution < -0.4 is 10.1 Å². The second-order valence-corrected chi connectivity index (χ2v) is 8.02. The second-order valence-electron chi connectivity index (χ2n) is 8.02. The number of esters is 1. The number of ether oxygens (including phenoxy) is 2. The van der Waals surface area contributed by atoms with Crippen LogP contribution >= 0.6 is 0 Å². The fraction of sp³-hybridized carbons (Fsp3) is 0.179. The molecule has 0 saturated carbocycles. The summed E-state index contributed by atoms with van der Waals surface area (Å²) in [5, 5.41) is 3.73. The van der Waals surface area contributed by atoms with Crippen LogP contribution in [0.25, 0.3) is 22.2 Å². The van der Waals surface area contributed by atoms with Crippen LogP contribution in [0.2, 0.25) is 0 Å². The summed E-state index contributed by atoms with van der Waals surface area (Å²) in [6.45, 7) is 6.06. The summed E-state index contributed by atoms with van der Waals surface area (Å²) in [4.78, 5) is 30.2. The smallest absolute Gasteiger partial charge is 0.338 e. The average molecular weight is 455 g/mol. The topological polar surface area (TPSA) is 77.5 Å². The summed E-state index contributed by atoms with van der Waals surface area (Å²) >= 11 is 0. The molecule has 0 fully saturated rings. The Morgan fingerprint density at radius 2 is 1.74 bits per heavy atom. The number of aromatic nitrogens is 1. The molecule has 1 amide bonds. The van der Waals surface area contributed by atoms with Gasteiger partial charge < -0.3 is 14.8 Å². The van der Waals surface area contributed by atoms with Crippen molar-refractivity contribution in [1.82, 2.24) is 4.98 Å². The van der Waals surface area contributed by atoms with Crippen LogP contribution in [-0.2, 0) is 4.74 Å². The van der Waals surface area contributed by atoms with Gasteiger partial charge in [0, 0.05) is 16.6 Å². The van der Waals surface area contributed by atoms with Gasteiger partial charge in [-0.05, 0) is 74.9 Å². The molecule has 4 rings (SSSR count). The fourth-order valence-corrected chi connectivity index (χ4v) is 3.90. The number of carbonyl (C=O) groups excluding carboxylic acids is 2. The maximum atomic E-state index is 13.4. The summed E-state index contributed by atoms with van der Waals surface area (Å²) in [5.74, 6) is 0.0625. The monoisotopic (exact) mass is 454 g/mol. The standard InChI is InChI=1S/C28H26N2O4/c1-5-34-28(32)19-9-11-21(12-10-19)29-27(31)24-16-25(20-7-6-8-22(15-20)33-4)30-26-18(3)13-17(2)14-23(24)26/h6-16H,5H2,1-4H3,(H,29,31). The van der Waals surface area contributed by atoms with Crippen LogP contribution in [0.4, 0.5) is 5.69 Å². The van der Waals surface area contributed by atoms with Crippen LogP contribution in [0.3, 0.4) is 0 Å². The first-order valence-corrected chi connectivity index (χ1v) is 11.0. The van der Waals surface area contributed by atoms with E-state index in [9.17, 15) is 9.59 Å². The van der Waals surface area contributed by atoms with Gasteiger partial charge in [-0.25, -0.2) is 9.78 Å². The van der Waals surface area contributed by atoms with Crippen molar-refractivity contribution < 1.29 is 19.1 Å². The number of methoxy groups -OCH3 is 1. The first-order valence-electron chi connectivity index (χ1n) is 11.0. The average Bonchev–Trinajstić information content (AvgIpc) is 2.84. The lowest BCUT2D eigenvalue weighted by molar-refractivity contribution is 0.0526. The van der Waals surface area contributed by atoms with E-state index in [4.69, 9.17) is 14.5 Å². The zero-order chi connectivity index (χ0) is 24.2. The van der Waals surface area contributed by atoms with Crippen LogP contribution in [0.1, 0.15) is 38.8 Å². The van der Waals surface area contributed by atoms with Gasteiger partial charge in [0.15, 0.2) is 0 Å². The first kappa shape index (κ1) is 23.0. The number of amides is 1. The lowest BCUT2D eigenvalue weighted by Crippen LogP contribution is -2.14. The minimum Gasteiger partial charge on any atom is -0.497 e. The van der Waals surface area contributed by atoms with E-state index in [1.807, 2.05) is 44.2 Å². The Balaban J connectivity index is 1.75. The Hall–Kier alpha value is -4.19. The van der Waals surface area contributed by atoms with Gasteiger partial charge in [-0.1, -0.05) is 23.8 Å². The van der Waals surface area contributed by atoms with Crippen molar-refractivity contribution in [2.75, 3.05) is 19.0 Å². The van der Waals surface area contributed by atoms with E-state index in [0.29, 0.717) is 34.9 Å². The largest absolute Gasteiger partial charge is 0.497 e. The number of benzene rings is 3. The second kappa shape index (κ2) is 9.75. The molecule has 1 N–H and O–H groups in total. The van der Waals surface area contributed by atoms with Crippen molar-refractivity contribution in [1.29, 1.82) is 0 Å². The van der Waals surface area contributed by atoms with Gasteiger partial charge in [0.2, 0.25) is 0 Å². The van der Waals surface area contributed by atoms with E-state index in [2.05, 4.69) is 11.4 Å². The van der Waals surface area contributed by atoms with Gasteiger partial charge in [-0.2, -0.15) is 0 Å². The van der Waals surface area contributed by atoms with Gasteiger partial charge in [0.1, 0.15) is 5.75 Å². The molecule has 0 saturated heterocycles. The number of hydrogen-bond acceptors (Lipinski definition) is 5. The summed E-state index contributed by atoms with van der Waals surface area (Å²) in [6, 6.07) is 20.1. The van der Waals surface area contributed by atoms with Crippen LogP contribution in [0.5, 0.6) is 5.75 Å². The molecular formula is C28H26N2O4. The normalized spacial score (nSPS) is 10.7. The summed E-state index contributed by atoms with van der Waals surface area (Å²) in [5.41, 5.74) is 5.88. The van der Waals surface area contributed by atoms with E-state index in [-0.39, 0.29) is 5.91 Å². The highest BCUT2D eigenvalue weighted by Crippen LogP contribution is 2.30. The molecule has 0 aliphatic heterocycles.